The fraction of sp³-hybridized carbons (Fsp3) is 0.286. The second-order valence-corrected chi connectivity index (χ2v) is 7.19. The molecule has 0 aliphatic carbocycles. The van der Waals surface area contributed by atoms with Crippen LogP contribution in [0.2, 0.25) is 0 Å². The zero-order chi connectivity index (χ0) is 18.4. The molecule has 0 unspecified atom stereocenters. The predicted molar refractivity (Wildman–Crippen MR) is 102 cm³/mol. The molecule has 0 saturated carbocycles. The van der Waals surface area contributed by atoms with Crippen LogP contribution in [0.15, 0.2) is 64.6 Å². The van der Waals surface area contributed by atoms with E-state index in [0.717, 1.165) is 17.7 Å². The van der Waals surface area contributed by atoms with Crippen molar-refractivity contribution in [3.8, 4) is 0 Å². The SMILES string of the molecule is CCC(=O)N(CC[C@@H](c1ccc(F)cc1)c1ccco1)Cc1cccs1. The van der Waals surface area contributed by atoms with Gasteiger partial charge in [-0.3, -0.25) is 4.79 Å². The Morgan fingerprint density at radius 2 is 2.00 bits per heavy atom. The third kappa shape index (κ3) is 4.61. The molecule has 1 aromatic carbocycles. The molecule has 1 amide bonds. The second-order valence-electron chi connectivity index (χ2n) is 6.16. The smallest absolute Gasteiger partial charge is 0.222 e. The summed E-state index contributed by atoms with van der Waals surface area (Å²) in [5.74, 6) is 0.695. The van der Waals surface area contributed by atoms with Crippen LogP contribution in [0.3, 0.4) is 0 Å². The minimum atomic E-state index is -0.257. The van der Waals surface area contributed by atoms with E-state index >= 15 is 0 Å². The Labute approximate surface area is 157 Å². The number of hydrogen-bond donors (Lipinski definition) is 0. The molecule has 0 bridgehead atoms. The van der Waals surface area contributed by atoms with Crippen LogP contribution < -0.4 is 0 Å². The first-order valence-corrected chi connectivity index (χ1v) is 9.64. The number of hydrogen-bond acceptors (Lipinski definition) is 3. The summed E-state index contributed by atoms with van der Waals surface area (Å²) in [5, 5.41) is 2.02. The van der Waals surface area contributed by atoms with Gasteiger partial charge in [0.25, 0.3) is 0 Å². The molecule has 0 radical (unpaired) electrons. The molecule has 3 aromatic rings. The number of benzene rings is 1. The number of thiophene rings is 1. The van der Waals surface area contributed by atoms with Gasteiger partial charge < -0.3 is 9.32 Å². The van der Waals surface area contributed by atoms with Crippen LogP contribution in [0, 0.1) is 5.82 Å². The summed E-state index contributed by atoms with van der Waals surface area (Å²) in [5.41, 5.74) is 0.987. The summed E-state index contributed by atoms with van der Waals surface area (Å²) in [6.07, 6.45) is 2.84. The van der Waals surface area contributed by atoms with E-state index in [1.165, 1.54) is 17.0 Å². The van der Waals surface area contributed by atoms with Crippen LogP contribution in [0.25, 0.3) is 0 Å². The second kappa shape index (κ2) is 8.81. The highest BCUT2D eigenvalue weighted by Gasteiger charge is 2.20. The van der Waals surface area contributed by atoms with Gasteiger partial charge in [-0.25, -0.2) is 4.39 Å². The number of halogens is 1. The Bertz CT molecular complexity index is 797. The molecule has 0 aliphatic rings. The zero-order valence-electron chi connectivity index (χ0n) is 14.7. The number of rotatable bonds is 8. The monoisotopic (exact) mass is 371 g/mol. The highest BCUT2D eigenvalue weighted by molar-refractivity contribution is 7.09. The first kappa shape index (κ1) is 18.4. The molecule has 2 heterocycles. The van der Waals surface area contributed by atoms with Crippen molar-refractivity contribution in [3.05, 3.63) is 82.2 Å². The van der Waals surface area contributed by atoms with E-state index in [2.05, 4.69) is 0 Å². The van der Waals surface area contributed by atoms with E-state index in [9.17, 15) is 9.18 Å². The van der Waals surface area contributed by atoms with Crippen molar-refractivity contribution in [1.29, 1.82) is 0 Å². The van der Waals surface area contributed by atoms with Crippen molar-refractivity contribution in [2.75, 3.05) is 6.54 Å². The molecule has 136 valence electrons. The van der Waals surface area contributed by atoms with Crippen molar-refractivity contribution in [1.82, 2.24) is 4.90 Å². The number of amides is 1. The van der Waals surface area contributed by atoms with E-state index < -0.39 is 0 Å². The minimum absolute atomic E-state index is 0.0129. The maximum atomic E-state index is 13.3. The molecular formula is C21H22FNO2S. The van der Waals surface area contributed by atoms with Crippen molar-refractivity contribution < 1.29 is 13.6 Å². The summed E-state index contributed by atoms with van der Waals surface area (Å²) in [6.45, 7) is 3.12. The topological polar surface area (TPSA) is 33.5 Å². The van der Waals surface area contributed by atoms with Gasteiger partial charge in [-0.15, -0.1) is 11.3 Å². The van der Waals surface area contributed by atoms with Gasteiger partial charge in [-0.1, -0.05) is 25.1 Å². The van der Waals surface area contributed by atoms with Crippen molar-refractivity contribution in [3.63, 3.8) is 0 Å². The van der Waals surface area contributed by atoms with Crippen LogP contribution in [-0.4, -0.2) is 17.4 Å². The van der Waals surface area contributed by atoms with Crippen molar-refractivity contribution in [2.45, 2.75) is 32.2 Å². The van der Waals surface area contributed by atoms with Crippen LogP contribution in [0.1, 0.15) is 41.9 Å². The molecule has 0 N–H and O–H groups in total. The van der Waals surface area contributed by atoms with Crippen LogP contribution in [-0.2, 0) is 11.3 Å². The normalized spacial score (nSPS) is 12.1. The van der Waals surface area contributed by atoms with Gasteiger partial charge in [0.2, 0.25) is 5.91 Å². The fourth-order valence-electron chi connectivity index (χ4n) is 3.05. The molecular weight excluding hydrogens is 349 g/mol. The van der Waals surface area contributed by atoms with Gasteiger partial charge in [0.1, 0.15) is 11.6 Å². The zero-order valence-corrected chi connectivity index (χ0v) is 15.5. The van der Waals surface area contributed by atoms with Gasteiger partial charge in [-0.05, 0) is 47.7 Å². The van der Waals surface area contributed by atoms with Crippen LogP contribution in [0.5, 0.6) is 0 Å². The number of furan rings is 1. The van der Waals surface area contributed by atoms with E-state index in [0.29, 0.717) is 19.5 Å². The highest BCUT2D eigenvalue weighted by atomic mass is 32.1. The molecule has 3 rings (SSSR count). The average Bonchev–Trinajstić information content (AvgIpc) is 3.35. The maximum absolute atomic E-state index is 13.3. The molecule has 26 heavy (non-hydrogen) atoms. The lowest BCUT2D eigenvalue weighted by Crippen LogP contribution is -2.31. The number of nitrogens with zero attached hydrogens (tertiary/aromatic N) is 1. The average molecular weight is 371 g/mol. The Kier molecular flexibility index (Phi) is 6.23. The predicted octanol–water partition coefficient (Wildman–Crippen LogP) is 5.44. The van der Waals surface area contributed by atoms with Crippen molar-refractivity contribution >= 4 is 17.2 Å². The third-order valence-electron chi connectivity index (χ3n) is 4.43. The maximum Gasteiger partial charge on any atom is 0.222 e. The lowest BCUT2D eigenvalue weighted by molar-refractivity contribution is -0.131. The van der Waals surface area contributed by atoms with Gasteiger partial charge >= 0.3 is 0 Å². The summed E-state index contributed by atoms with van der Waals surface area (Å²) in [7, 11) is 0. The molecule has 0 spiro atoms. The largest absolute Gasteiger partial charge is 0.469 e. The van der Waals surface area contributed by atoms with E-state index in [1.807, 2.05) is 41.5 Å². The molecule has 1 atom stereocenters. The number of carbonyl (C=O) groups is 1. The lowest BCUT2D eigenvalue weighted by atomic mass is 9.93. The van der Waals surface area contributed by atoms with E-state index in [1.54, 1.807) is 29.7 Å². The summed E-state index contributed by atoms with van der Waals surface area (Å²) in [4.78, 5) is 15.4. The Morgan fingerprint density at radius 3 is 2.62 bits per heavy atom. The Morgan fingerprint density at radius 1 is 1.19 bits per heavy atom. The molecule has 3 nitrogen and oxygen atoms in total. The van der Waals surface area contributed by atoms with Crippen LogP contribution in [0.4, 0.5) is 4.39 Å². The summed E-state index contributed by atoms with van der Waals surface area (Å²) >= 11 is 1.66. The molecule has 0 saturated heterocycles. The molecule has 0 aliphatic heterocycles. The van der Waals surface area contributed by atoms with Gasteiger partial charge in [-0.2, -0.15) is 0 Å². The Hall–Kier alpha value is -2.40. The van der Waals surface area contributed by atoms with Crippen LogP contribution >= 0.6 is 11.3 Å². The van der Waals surface area contributed by atoms with Gasteiger partial charge in [0.05, 0.1) is 12.8 Å². The van der Waals surface area contributed by atoms with Crippen molar-refractivity contribution in [2.24, 2.45) is 0 Å². The Balaban J connectivity index is 1.76. The third-order valence-corrected chi connectivity index (χ3v) is 5.29. The standard InChI is InChI=1S/C21H22FNO2S/c1-2-21(24)23(15-18-5-4-14-26-18)12-11-19(20-6-3-13-25-20)16-7-9-17(22)10-8-16/h3-10,13-14,19H,2,11-12,15H2,1H3/t19-/m0/s1. The fourth-order valence-corrected chi connectivity index (χ4v) is 3.77. The summed E-state index contributed by atoms with van der Waals surface area (Å²) in [6, 6.07) is 14.3. The molecule has 0 fully saturated rings. The highest BCUT2D eigenvalue weighted by Crippen LogP contribution is 2.29. The first-order chi connectivity index (χ1) is 12.7. The summed E-state index contributed by atoms with van der Waals surface area (Å²) < 4.78 is 18.9. The van der Waals surface area contributed by atoms with Gasteiger partial charge in [0, 0.05) is 23.8 Å². The van der Waals surface area contributed by atoms with E-state index in [4.69, 9.17) is 4.42 Å². The molecule has 5 heteroatoms. The minimum Gasteiger partial charge on any atom is -0.469 e. The quantitative estimate of drug-likeness (QED) is 0.528. The van der Waals surface area contributed by atoms with Gasteiger partial charge in [0.15, 0.2) is 0 Å². The molecule has 2 aromatic heterocycles. The van der Waals surface area contributed by atoms with E-state index in [-0.39, 0.29) is 17.6 Å². The number of carbonyl (C=O) groups excluding carboxylic acids is 1. The first-order valence-electron chi connectivity index (χ1n) is 8.76. The lowest BCUT2D eigenvalue weighted by Gasteiger charge is -2.24.